The van der Waals surface area contributed by atoms with Gasteiger partial charge in [-0.3, -0.25) is 4.79 Å². The van der Waals surface area contributed by atoms with Gasteiger partial charge < -0.3 is 14.6 Å². The summed E-state index contributed by atoms with van der Waals surface area (Å²) in [6.07, 6.45) is 2.34. The van der Waals surface area contributed by atoms with E-state index in [9.17, 15) is 4.79 Å². The lowest BCUT2D eigenvalue weighted by atomic mass is 10.1. The van der Waals surface area contributed by atoms with Gasteiger partial charge in [-0.25, -0.2) is 4.98 Å². The molecule has 2 heterocycles. The van der Waals surface area contributed by atoms with Crippen molar-refractivity contribution in [2.45, 2.75) is 25.3 Å². The van der Waals surface area contributed by atoms with Crippen molar-refractivity contribution in [3.8, 4) is 5.75 Å². The minimum absolute atomic E-state index is 0.0329. The molecule has 1 atom stereocenters. The number of likely N-dealkylation sites (tertiary alicyclic amines) is 1. The van der Waals surface area contributed by atoms with Gasteiger partial charge in [0.05, 0.1) is 30.6 Å². The first kappa shape index (κ1) is 15.7. The van der Waals surface area contributed by atoms with Gasteiger partial charge in [0.1, 0.15) is 11.6 Å². The van der Waals surface area contributed by atoms with Crippen LogP contribution in [-0.2, 0) is 11.2 Å². The summed E-state index contributed by atoms with van der Waals surface area (Å²) in [5.74, 6) is 1.80. The third-order valence-corrected chi connectivity index (χ3v) is 4.79. The first-order valence-electron chi connectivity index (χ1n) is 8.61. The van der Waals surface area contributed by atoms with Crippen LogP contribution in [0.15, 0.2) is 48.5 Å². The number of amides is 1. The van der Waals surface area contributed by atoms with Gasteiger partial charge in [-0.2, -0.15) is 0 Å². The standard InChI is InChI=1S/C20H21N3O2/c1-25-15-7-4-6-14(12-15)13-19(24)23-11-5-10-18(23)20-21-16-8-2-3-9-17(16)22-20/h2-4,6-9,12,18H,5,10-11,13H2,1H3,(H,21,22). The minimum atomic E-state index is 0.0329. The van der Waals surface area contributed by atoms with Crippen molar-refractivity contribution in [3.63, 3.8) is 0 Å². The zero-order chi connectivity index (χ0) is 17.2. The molecule has 1 unspecified atom stereocenters. The van der Waals surface area contributed by atoms with Gasteiger partial charge in [-0.15, -0.1) is 0 Å². The van der Waals surface area contributed by atoms with Crippen molar-refractivity contribution in [1.82, 2.24) is 14.9 Å². The van der Waals surface area contributed by atoms with E-state index in [4.69, 9.17) is 9.72 Å². The minimum Gasteiger partial charge on any atom is -0.497 e. The predicted molar refractivity (Wildman–Crippen MR) is 96.5 cm³/mol. The number of aromatic nitrogens is 2. The highest BCUT2D eigenvalue weighted by Crippen LogP contribution is 2.32. The van der Waals surface area contributed by atoms with Crippen LogP contribution in [-0.4, -0.2) is 34.4 Å². The molecule has 0 saturated carbocycles. The van der Waals surface area contributed by atoms with Crippen LogP contribution in [0.4, 0.5) is 0 Å². The molecule has 1 aromatic heterocycles. The number of carbonyl (C=O) groups excluding carboxylic acids is 1. The van der Waals surface area contributed by atoms with Crippen molar-refractivity contribution in [3.05, 3.63) is 59.9 Å². The molecule has 0 bridgehead atoms. The summed E-state index contributed by atoms with van der Waals surface area (Å²) >= 11 is 0. The molecule has 25 heavy (non-hydrogen) atoms. The van der Waals surface area contributed by atoms with Crippen LogP contribution in [0.1, 0.15) is 30.3 Å². The molecule has 0 radical (unpaired) electrons. The van der Waals surface area contributed by atoms with E-state index in [2.05, 4.69) is 4.98 Å². The molecule has 128 valence electrons. The second-order valence-electron chi connectivity index (χ2n) is 6.41. The quantitative estimate of drug-likeness (QED) is 0.794. The number of hydrogen-bond donors (Lipinski definition) is 1. The SMILES string of the molecule is COc1cccc(CC(=O)N2CCCC2c2nc3ccccc3[nH]2)c1. The van der Waals surface area contributed by atoms with Crippen LogP contribution in [0.5, 0.6) is 5.75 Å². The van der Waals surface area contributed by atoms with E-state index >= 15 is 0 Å². The van der Waals surface area contributed by atoms with E-state index < -0.39 is 0 Å². The third-order valence-electron chi connectivity index (χ3n) is 4.79. The fraction of sp³-hybridized carbons (Fsp3) is 0.300. The normalized spacial score (nSPS) is 17.2. The van der Waals surface area contributed by atoms with Gasteiger partial charge >= 0.3 is 0 Å². The summed E-state index contributed by atoms with van der Waals surface area (Å²) in [6, 6.07) is 15.7. The Balaban J connectivity index is 1.55. The van der Waals surface area contributed by atoms with E-state index in [1.807, 2.05) is 53.4 Å². The molecule has 0 spiro atoms. The first-order chi connectivity index (χ1) is 12.2. The van der Waals surface area contributed by atoms with E-state index in [-0.39, 0.29) is 11.9 Å². The van der Waals surface area contributed by atoms with Crippen molar-refractivity contribution in [1.29, 1.82) is 0 Å². The number of carbonyl (C=O) groups is 1. The summed E-state index contributed by atoms with van der Waals surface area (Å²) in [6.45, 7) is 0.782. The number of fused-ring (bicyclic) bond motifs is 1. The summed E-state index contributed by atoms with van der Waals surface area (Å²) in [5, 5.41) is 0. The Hall–Kier alpha value is -2.82. The molecule has 3 aromatic rings. The smallest absolute Gasteiger partial charge is 0.227 e. The van der Waals surface area contributed by atoms with E-state index in [1.54, 1.807) is 7.11 Å². The van der Waals surface area contributed by atoms with Crippen molar-refractivity contribution in [2.75, 3.05) is 13.7 Å². The Labute approximate surface area is 146 Å². The topological polar surface area (TPSA) is 58.2 Å². The van der Waals surface area contributed by atoms with Crippen LogP contribution in [0.3, 0.4) is 0 Å². The van der Waals surface area contributed by atoms with Crippen molar-refractivity contribution in [2.24, 2.45) is 0 Å². The lowest BCUT2D eigenvalue weighted by molar-refractivity contribution is -0.131. The molecule has 5 nitrogen and oxygen atoms in total. The maximum Gasteiger partial charge on any atom is 0.227 e. The number of hydrogen-bond acceptors (Lipinski definition) is 3. The largest absolute Gasteiger partial charge is 0.497 e. The Bertz CT molecular complexity index is 870. The highest BCUT2D eigenvalue weighted by molar-refractivity contribution is 5.80. The molecule has 1 saturated heterocycles. The number of ether oxygens (including phenoxy) is 1. The highest BCUT2D eigenvalue weighted by Gasteiger charge is 2.31. The maximum absolute atomic E-state index is 12.9. The average Bonchev–Trinajstić information content (AvgIpc) is 3.28. The molecule has 1 aliphatic rings. The first-order valence-corrected chi connectivity index (χ1v) is 8.61. The number of methoxy groups -OCH3 is 1. The molecule has 1 N–H and O–H groups in total. The van der Waals surface area contributed by atoms with E-state index in [0.717, 1.165) is 47.6 Å². The monoisotopic (exact) mass is 335 g/mol. The lowest BCUT2D eigenvalue weighted by Gasteiger charge is -2.23. The van der Waals surface area contributed by atoms with Crippen LogP contribution < -0.4 is 4.74 Å². The highest BCUT2D eigenvalue weighted by atomic mass is 16.5. The molecular weight excluding hydrogens is 314 g/mol. The fourth-order valence-electron chi connectivity index (χ4n) is 3.54. The number of benzene rings is 2. The van der Waals surface area contributed by atoms with Crippen LogP contribution >= 0.6 is 0 Å². The molecular formula is C20H21N3O2. The fourth-order valence-corrected chi connectivity index (χ4v) is 3.54. The zero-order valence-corrected chi connectivity index (χ0v) is 14.2. The zero-order valence-electron chi connectivity index (χ0n) is 14.2. The molecule has 0 aliphatic carbocycles. The molecule has 2 aromatic carbocycles. The Morgan fingerprint density at radius 3 is 3.00 bits per heavy atom. The number of H-pyrrole nitrogens is 1. The number of aromatic amines is 1. The molecule has 4 rings (SSSR count). The number of nitrogens with one attached hydrogen (secondary N) is 1. The second-order valence-corrected chi connectivity index (χ2v) is 6.41. The van der Waals surface area contributed by atoms with Gasteiger partial charge in [-0.1, -0.05) is 24.3 Å². The van der Waals surface area contributed by atoms with Gasteiger partial charge in [-0.05, 0) is 42.7 Å². The van der Waals surface area contributed by atoms with Gasteiger partial charge in [0.15, 0.2) is 0 Å². The molecule has 5 heteroatoms. The maximum atomic E-state index is 12.9. The van der Waals surface area contributed by atoms with Crippen LogP contribution in [0.25, 0.3) is 11.0 Å². The molecule has 1 amide bonds. The Morgan fingerprint density at radius 1 is 1.28 bits per heavy atom. The van der Waals surface area contributed by atoms with Crippen LogP contribution in [0, 0.1) is 0 Å². The summed E-state index contributed by atoms with van der Waals surface area (Å²) in [5.41, 5.74) is 2.94. The van der Waals surface area contributed by atoms with Gasteiger partial charge in [0, 0.05) is 6.54 Å². The molecule has 1 aliphatic heterocycles. The number of imidazole rings is 1. The number of para-hydroxylation sites is 2. The number of nitrogens with zero attached hydrogens (tertiary/aromatic N) is 2. The third kappa shape index (κ3) is 3.09. The van der Waals surface area contributed by atoms with Crippen molar-refractivity contribution < 1.29 is 9.53 Å². The Morgan fingerprint density at radius 2 is 2.16 bits per heavy atom. The van der Waals surface area contributed by atoms with Crippen molar-refractivity contribution >= 4 is 16.9 Å². The summed E-state index contributed by atoms with van der Waals surface area (Å²) in [7, 11) is 1.64. The van der Waals surface area contributed by atoms with E-state index in [0.29, 0.717) is 6.42 Å². The number of rotatable bonds is 4. The average molecular weight is 335 g/mol. The molecule has 1 fully saturated rings. The van der Waals surface area contributed by atoms with E-state index in [1.165, 1.54) is 0 Å². The lowest BCUT2D eigenvalue weighted by Crippen LogP contribution is -2.32. The second kappa shape index (κ2) is 6.59. The predicted octanol–water partition coefficient (Wildman–Crippen LogP) is 3.48. The van der Waals surface area contributed by atoms with Gasteiger partial charge in [0.2, 0.25) is 5.91 Å². The summed E-state index contributed by atoms with van der Waals surface area (Å²) in [4.78, 5) is 22.9. The van der Waals surface area contributed by atoms with Crippen LogP contribution in [0.2, 0.25) is 0 Å². The Kier molecular flexibility index (Phi) is 4.14. The van der Waals surface area contributed by atoms with Gasteiger partial charge in [0.25, 0.3) is 0 Å². The summed E-state index contributed by atoms with van der Waals surface area (Å²) < 4.78 is 5.25.